The van der Waals surface area contributed by atoms with Gasteiger partial charge in [0, 0.05) is 43.1 Å². The zero-order valence-electron chi connectivity index (χ0n) is 14.2. The van der Waals surface area contributed by atoms with E-state index < -0.39 is 0 Å². The number of anilines is 1. The molecule has 0 spiro atoms. The minimum absolute atomic E-state index is 0.635. The van der Waals surface area contributed by atoms with E-state index in [0.717, 1.165) is 43.4 Å². The van der Waals surface area contributed by atoms with E-state index in [2.05, 4.69) is 33.0 Å². The molecule has 1 fully saturated rings. The first-order chi connectivity index (χ1) is 12.2. The van der Waals surface area contributed by atoms with Crippen LogP contribution in [-0.2, 0) is 0 Å². The van der Waals surface area contributed by atoms with Crippen molar-refractivity contribution in [1.82, 2.24) is 19.5 Å². The molecule has 7 heteroatoms. The minimum atomic E-state index is 0.635. The van der Waals surface area contributed by atoms with Crippen molar-refractivity contribution < 1.29 is 0 Å². The largest absolute Gasteiger partial charge is 0.369 e. The van der Waals surface area contributed by atoms with Crippen LogP contribution in [0.1, 0.15) is 6.92 Å². The monoisotopic (exact) mass is 375 g/mol. The average molecular weight is 376 g/mol. The van der Waals surface area contributed by atoms with E-state index >= 15 is 0 Å². The maximum atomic E-state index is 5.98. The van der Waals surface area contributed by atoms with Crippen LogP contribution in [-0.4, -0.2) is 52.2 Å². The zero-order valence-corrected chi connectivity index (χ0v) is 15.8. The molecule has 25 heavy (non-hydrogen) atoms. The van der Waals surface area contributed by atoms with Crippen molar-refractivity contribution in [2.75, 3.05) is 37.6 Å². The molecule has 0 saturated carbocycles. The predicted molar refractivity (Wildman–Crippen MR) is 106 cm³/mol. The third-order valence-corrected chi connectivity index (χ3v) is 4.84. The highest BCUT2D eigenvalue weighted by Gasteiger charge is 2.15. The summed E-state index contributed by atoms with van der Waals surface area (Å²) < 4.78 is 2.45. The van der Waals surface area contributed by atoms with Gasteiger partial charge in [-0.1, -0.05) is 30.7 Å². The maximum absolute atomic E-state index is 5.98. The van der Waals surface area contributed by atoms with Gasteiger partial charge in [0.25, 0.3) is 0 Å². The van der Waals surface area contributed by atoms with E-state index in [9.17, 15) is 0 Å². The van der Waals surface area contributed by atoms with Crippen molar-refractivity contribution in [3.05, 3.63) is 58.5 Å². The van der Waals surface area contributed by atoms with Crippen molar-refractivity contribution in [2.24, 2.45) is 0 Å². The highest BCUT2D eigenvalue weighted by molar-refractivity contribution is 7.71. The van der Waals surface area contributed by atoms with Gasteiger partial charge in [0.2, 0.25) is 0 Å². The highest BCUT2D eigenvalue weighted by Crippen LogP contribution is 2.20. The van der Waals surface area contributed by atoms with Crippen LogP contribution in [0.25, 0.3) is 5.65 Å². The lowest BCUT2D eigenvalue weighted by molar-refractivity contribution is 0.271. The Kier molecular flexibility index (Phi) is 6.07. The van der Waals surface area contributed by atoms with Crippen LogP contribution in [0.4, 0.5) is 5.69 Å². The van der Waals surface area contributed by atoms with Crippen molar-refractivity contribution in [3.8, 4) is 0 Å². The Morgan fingerprint density at radius 3 is 2.60 bits per heavy atom. The normalized spacial score (nSPS) is 15.0. The van der Waals surface area contributed by atoms with Crippen LogP contribution in [0.2, 0.25) is 5.02 Å². The van der Waals surface area contributed by atoms with Gasteiger partial charge in [0.1, 0.15) is 0 Å². The number of H-pyrrole nitrogens is 1. The molecule has 0 unspecified atom stereocenters. The zero-order chi connectivity index (χ0) is 17.6. The molecule has 1 N–H and O–H groups in total. The molecule has 0 bridgehead atoms. The molecular formula is C18H22ClN5S. The van der Waals surface area contributed by atoms with Crippen molar-refractivity contribution in [3.63, 3.8) is 0 Å². The van der Waals surface area contributed by atoms with Crippen molar-refractivity contribution in [2.45, 2.75) is 6.92 Å². The standard InChI is InChI=1S/C12H17ClN2.C6H5N3S/c1-2-14-6-8-15(9-7-14)12-5-3-4-11(13)10-12;10-6-8-7-5-3-1-2-4-9(5)6/h3-5,10H,2,6-9H2,1H3;1-4H,(H,8,10). The van der Waals surface area contributed by atoms with E-state index in [1.807, 2.05) is 47.0 Å². The van der Waals surface area contributed by atoms with Crippen molar-refractivity contribution in [1.29, 1.82) is 0 Å². The number of fused-ring (bicyclic) bond motifs is 1. The molecule has 1 saturated heterocycles. The maximum Gasteiger partial charge on any atom is 0.199 e. The van der Waals surface area contributed by atoms with Gasteiger partial charge < -0.3 is 9.80 Å². The van der Waals surface area contributed by atoms with Crippen LogP contribution >= 0.6 is 23.8 Å². The fourth-order valence-electron chi connectivity index (χ4n) is 2.85. The summed E-state index contributed by atoms with van der Waals surface area (Å²) >= 11 is 10.9. The number of benzene rings is 1. The number of aromatic amines is 1. The molecule has 132 valence electrons. The molecule has 0 amide bonds. The Hall–Kier alpha value is -1.89. The van der Waals surface area contributed by atoms with Crippen LogP contribution in [0.3, 0.4) is 0 Å². The summed E-state index contributed by atoms with van der Waals surface area (Å²) in [4.78, 5) is 4.87. The van der Waals surface area contributed by atoms with Crippen LogP contribution < -0.4 is 4.90 Å². The third-order valence-electron chi connectivity index (χ3n) is 4.32. The summed E-state index contributed by atoms with van der Waals surface area (Å²) in [5, 5.41) is 7.48. The molecule has 1 aliphatic heterocycles. The second-order valence-corrected chi connectivity index (χ2v) is 6.68. The summed E-state index contributed by atoms with van der Waals surface area (Å²) in [6, 6.07) is 13.9. The molecule has 3 heterocycles. The second kappa shape index (κ2) is 8.47. The summed E-state index contributed by atoms with van der Waals surface area (Å²) in [5.74, 6) is 0. The number of aromatic nitrogens is 3. The number of nitrogens with zero attached hydrogens (tertiary/aromatic N) is 4. The number of likely N-dealkylation sites (N-methyl/N-ethyl adjacent to an activating group) is 1. The molecule has 0 radical (unpaired) electrons. The molecule has 5 nitrogen and oxygen atoms in total. The molecule has 3 aromatic rings. The molecular weight excluding hydrogens is 354 g/mol. The second-order valence-electron chi connectivity index (χ2n) is 5.86. The Morgan fingerprint density at radius 2 is 1.92 bits per heavy atom. The first kappa shape index (κ1) is 17.9. The van der Waals surface area contributed by atoms with Gasteiger partial charge in [-0.3, -0.25) is 9.50 Å². The summed E-state index contributed by atoms with van der Waals surface area (Å²) in [5.41, 5.74) is 2.10. The molecule has 1 aliphatic rings. The van der Waals surface area contributed by atoms with Crippen LogP contribution in [0.15, 0.2) is 48.7 Å². The molecule has 1 aromatic carbocycles. The van der Waals surface area contributed by atoms with Gasteiger partial charge in [-0.05, 0) is 49.1 Å². The number of halogens is 1. The Labute approximate surface area is 157 Å². The summed E-state index contributed by atoms with van der Waals surface area (Å²) in [7, 11) is 0. The number of hydrogen-bond donors (Lipinski definition) is 1. The van der Waals surface area contributed by atoms with E-state index in [1.54, 1.807) is 0 Å². The van der Waals surface area contributed by atoms with Gasteiger partial charge in [0.05, 0.1) is 0 Å². The Morgan fingerprint density at radius 1 is 1.12 bits per heavy atom. The Bertz CT molecular complexity index is 867. The van der Waals surface area contributed by atoms with Gasteiger partial charge in [0.15, 0.2) is 10.4 Å². The highest BCUT2D eigenvalue weighted by atomic mass is 35.5. The number of nitrogens with one attached hydrogen (secondary N) is 1. The van der Waals surface area contributed by atoms with Crippen LogP contribution in [0, 0.1) is 4.77 Å². The molecule has 4 rings (SSSR count). The lowest BCUT2D eigenvalue weighted by Crippen LogP contribution is -2.46. The fraction of sp³-hybridized carbons (Fsp3) is 0.333. The third kappa shape index (κ3) is 4.60. The Balaban J connectivity index is 0.000000157. The fourth-order valence-corrected chi connectivity index (χ4v) is 3.24. The van der Waals surface area contributed by atoms with Gasteiger partial charge in [-0.15, -0.1) is 0 Å². The lowest BCUT2D eigenvalue weighted by atomic mass is 10.2. The number of rotatable bonds is 2. The van der Waals surface area contributed by atoms with Gasteiger partial charge in [-0.2, -0.15) is 5.10 Å². The average Bonchev–Trinajstić information content (AvgIpc) is 3.04. The van der Waals surface area contributed by atoms with E-state index in [0.29, 0.717) is 4.77 Å². The quantitative estimate of drug-likeness (QED) is 0.690. The number of piperazine rings is 1. The van der Waals surface area contributed by atoms with Gasteiger partial charge >= 0.3 is 0 Å². The van der Waals surface area contributed by atoms with Crippen LogP contribution in [0.5, 0.6) is 0 Å². The van der Waals surface area contributed by atoms with E-state index in [1.165, 1.54) is 5.69 Å². The SMILES string of the molecule is CCN1CCN(c2cccc(Cl)c2)CC1.S=c1[nH]nc2ccccn12. The topological polar surface area (TPSA) is 39.6 Å². The molecule has 0 aliphatic carbocycles. The lowest BCUT2D eigenvalue weighted by Gasteiger charge is -2.35. The summed E-state index contributed by atoms with van der Waals surface area (Å²) in [6.45, 7) is 7.90. The summed E-state index contributed by atoms with van der Waals surface area (Å²) in [6.07, 6.45) is 1.88. The van der Waals surface area contributed by atoms with Gasteiger partial charge in [-0.25, -0.2) is 0 Å². The van der Waals surface area contributed by atoms with Crippen molar-refractivity contribution >= 4 is 35.2 Å². The predicted octanol–water partition coefficient (Wildman–Crippen LogP) is 3.87. The molecule has 2 aromatic heterocycles. The number of pyridine rings is 1. The van der Waals surface area contributed by atoms with E-state index in [4.69, 9.17) is 23.8 Å². The first-order valence-corrected chi connectivity index (χ1v) is 9.20. The van der Waals surface area contributed by atoms with E-state index in [-0.39, 0.29) is 0 Å². The molecule has 0 atom stereocenters. The minimum Gasteiger partial charge on any atom is -0.369 e. The smallest absolute Gasteiger partial charge is 0.199 e. The number of hydrogen-bond acceptors (Lipinski definition) is 4. The first-order valence-electron chi connectivity index (χ1n) is 8.42.